The largest absolute Gasteiger partial charge is 0.482 e. The quantitative estimate of drug-likeness (QED) is 0.742. The molecule has 1 atom stereocenters. The topological polar surface area (TPSA) is 75.7 Å². The normalized spacial score (nSPS) is 15.4. The molecule has 3 rings (SSSR count). The zero-order valence-corrected chi connectivity index (χ0v) is 17.2. The number of benzene rings is 2. The van der Waals surface area contributed by atoms with E-state index in [0.29, 0.717) is 0 Å². The van der Waals surface area contributed by atoms with E-state index in [0.717, 1.165) is 31.5 Å². The van der Waals surface area contributed by atoms with Gasteiger partial charge in [-0.2, -0.15) is 0 Å². The molecule has 1 saturated heterocycles. The van der Waals surface area contributed by atoms with Crippen molar-refractivity contribution in [2.45, 2.75) is 30.7 Å². The second-order valence-electron chi connectivity index (χ2n) is 6.72. The van der Waals surface area contributed by atoms with E-state index in [-0.39, 0.29) is 34.2 Å². The van der Waals surface area contributed by atoms with E-state index < -0.39 is 10.0 Å². The van der Waals surface area contributed by atoms with Crippen molar-refractivity contribution in [3.63, 3.8) is 0 Å². The number of halogens is 1. The third-order valence-electron chi connectivity index (χ3n) is 4.66. The maximum absolute atomic E-state index is 12.6. The number of carbonyl (C=O) groups excluding carboxylic acids is 1. The predicted molar refractivity (Wildman–Crippen MR) is 108 cm³/mol. The van der Waals surface area contributed by atoms with Gasteiger partial charge in [-0.3, -0.25) is 4.79 Å². The van der Waals surface area contributed by atoms with Gasteiger partial charge >= 0.3 is 0 Å². The van der Waals surface area contributed by atoms with Crippen molar-refractivity contribution in [2.75, 3.05) is 19.7 Å². The number of carbonyl (C=O) groups is 1. The minimum absolute atomic E-state index is 0.0403. The Morgan fingerprint density at radius 2 is 1.86 bits per heavy atom. The van der Waals surface area contributed by atoms with Gasteiger partial charge in [-0.1, -0.05) is 41.9 Å². The van der Waals surface area contributed by atoms with E-state index >= 15 is 0 Å². The summed E-state index contributed by atoms with van der Waals surface area (Å²) in [4.78, 5) is 13.9. The van der Waals surface area contributed by atoms with Crippen LogP contribution in [0, 0.1) is 0 Å². The standard InChI is InChI=1S/C20H23ClN2O4S/c1-15(16-7-3-2-4-8-16)22-28(25,26)17-9-10-19(18(21)13-17)27-14-20(24)23-11-5-6-12-23/h2-4,7-10,13,15,22H,5-6,11-12,14H2,1H3/t15-/m0/s1. The van der Waals surface area contributed by atoms with E-state index in [9.17, 15) is 13.2 Å². The molecule has 2 aromatic carbocycles. The van der Waals surface area contributed by atoms with Crippen LogP contribution in [0.25, 0.3) is 0 Å². The first-order valence-electron chi connectivity index (χ1n) is 9.14. The summed E-state index contributed by atoms with van der Waals surface area (Å²) in [5, 5.41) is 0.143. The lowest BCUT2D eigenvalue weighted by Crippen LogP contribution is -2.32. The molecular weight excluding hydrogens is 400 g/mol. The van der Waals surface area contributed by atoms with Crippen LogP contribution in [0.15, 0.2) is 53.4 Å². The van der Waals surface area contributed by atoms with Crippen molar-refractivity contribution >= 4 is 27.5 Å². The average Bonchev–Trinajstić information content (AvgIpc) is 3.22. The summed E-state index contributed by atoms with van der Waals surface area (Å²) in [5.74, 6) is 0.188. The number of hydrogen-bond donors (Lipinski definition) is 1. The Hall–Kier alpha value is -2.09. The van der Waals surface area contributed by atoms with Crippen LogP contribution in [-0.4, -0.2) is 38.9 Å². The Labute approximate surface area is 170 Å². The Bertz CT molecular complexity index is 928. The Kier molecular flexibility index (Phi) is 6.59. The smallest absolute Gasteiger partial charge is 0.260 e. The molecule has 1 aliphatic heterocycles. The van der Waals surface area contributed by atoms with Crippen molar-refractivity contribution in [1.29, 1.82) is 0 Å². The fourth-order valence-corrected chi connectivity index (χ4v) is 4.63. The number of sulfonamides is 1. The molecule has 1 N–H and O–H groups in total. The minimum Gasteiger partial charge on any atom is -0.482 e. The SMILES string of the molecule is C[C@H](NS(=O)(=O)c1ccc(OCC(=O)N2CCCC2)c(Cl)c1)c1ccccc1. The molecule has 0 unspecified atom stereocenters. The van der Waals surface area contributed by atoms with Gasteiger partial charge in [0.05, 0.1) is 9.92 Å². The predicted octanol–water partition coefficient (Wildman–Crippen LogP) is 3.38. The van der Waals surface area contributed by atoms with Gasteiger partial charge < -0.3 is 9.64 Å². The van der Waals surface area contributed by atoms with Gasteiger partial charge in [0.2, 0.25) is 10.0 Å². The van der Waals surface area contributed by atoms with Gasteiger partial charge in [-0.15, -0.1) is 0 Å². The zero-order valence-electron chi connectivity index (χ0n) is 15.6. The zero-order chi connectivity index (χ0) is 20.1. The molecule has 1 aliphatic rings. The van der Waals surface area contributed by atoms with E-state index in [1.165, 1.54) is 18.2 Å². The monoisotopic (exact) mass is 422 g/mol. The van der Waals surface area contributed by atoms with Crippen LogP contribution in [0.5, 0.6) is 5.75 Å². The van der Waals surface area contributed by atoms with Crippen molar-refractivity contribution in [1.82, 2.24) is 9.62 Å². The molecule has 0 bridgehead atoms. The number of ether oxygens (including phenoxy) is 1. The van der Waals surface area contributed by atoms with Gasteiger partial charge in [-0.25, -0.2) is 13.1 Å². The summed E-state index contributed by atoms with van der Waals surface area (Å²) in [6.45, 7) is 3.15. The molecule has 0 aromatic heterocycles. The van der Waals surface area contributed by atoms with E-state index in [1.807, 2.05) is 30.3 Å². The van der Waals surface area contributed by atoms with Crippen LogP contribution in [-0.2, 0) is 14.8 Å². The summed E-state index contributed by atoms with van der Waals surface area (Å²) in [7, 11) is -3.76. The van der Waals surface area contributed by atoms with Crippen molar-refractivity contribution in [3.8, 4) is 5.75 Å². The second-order valence-corrected chi connectivity index (χ2v) is 8.84. The van der Waals surface area contributed by atoms with Gasteiger partial charge in [-0.05, 0) is 43.5 Å². The highest BCUT2D eigenvalue weighted by molar-refractivity contribution is 7.89. The first kappa shape index (κ1) is 20.6. The molecule has 150 valence electrons. The number of nitrogens with zero attached hydrogens (tertiary/aromatic N) is 1. The highest BCUT2D eigenvalue weighted by atomic mass is 35.5. The highest BCUT2D eigenvalue weighted by Crippen LogP contribution is 2.28. The van der Waals surface area contributed by atoms with Gasteiger partial charge in [0.25, 0.3) is 5.91 Å². The van der Waals surface area contributed by atoms with Gasteiger partial charge in [0.1, 0.15) is 5.75 Å². The van der Waals surface area contributed by atoms with E-state index in [2.05, 4.69) is 4.72 Å². The van der Waals surface area contributed by atoms with Gasteiger partial charge in [0.15, 0.2) is 6.61 Å². The Morgan fingerprint density at radius 3 is 2.50 bits per heavy atom. The Balaban J connectivity index is 1.66. The third kappa shape index (κ3) is 5.04. The summed E-state index contributed by atoms with van der Waals surface area (Å²) < 4.78 is 33.4. The summed E-state index contributed by atoms with van der Waals surface area (Å²) >= 11 is 6.19. The van der Waals surface area contributed by atoms with Crippen LogP contribution in [0.2, 0.25) is 5.02 Å². The highest BCUT2D eigenvalue weighted by Gasteiger charge is 2.21. The fourth-order valence-electron chi connectivity index (χ4n) is 3.07. The lowest BCUT2D eigenvalue weighted by molar-refractivity contribution is -0.132. The van der Waals surface area contributed by atoms with Crippen molar-refractivity contribution in [2.24, 2.45) is 0 Å². The van der Waals surface area contributed by atoms with Gasteiger partial charge in [0, 0.05) is 19.1 Å². The van der Waals surface area contributed by atoms with Crippen LogP contribution < -0.4 is 9.46 Å². The number of hydrogen-bond acceptors (Lipinski definition) is 4. The maximum atomic E-state index is 12.6. The number of likely N-dealkylation sites (tertiary alicyclic amines) is 1. The van der Waals surface area contributed by atoms with Crippen molar-refractivity contribution in [3.05, 3.63) is 59.1 Å². The lowest BCUT2D eigenvalue weighted by Gasteiger charge is -2.17. The molecule has 1 fully saturated rings. The molecule has 0 radical (unpaired) electrons. The number of nitrogens with one attached hydrogen (secondary N) is 1. The first-order valence-corrected chi connectivity index (χ1v) is 11.0. The average molecular weight is 423 g/mol. The van der Waals surface area contributed by atoms with E-state index in [1.54, 1.807) is 11.8 Å². The fraction of sp³-hybridized carbons (Fsp3) is 0.350. The maximum Gasteiger partial charge on any atom is 0.260 e. The molecule has 28 heavy (non-hydrogen) atoms. The molecule has 6 nitrogen and oxygen atoms in total. The van der Waals surface area contributed by atoms with Crippen LogP contribution >= 0.6 is 11.6 Å². The lowest BCUT2D eigenvalue weighted by atomic mass is 10.1. The number of amides is 1. The molecule has 0 spiro atoms. The molecular formula is C20H23ClN2O4S. The summed E-state index contributed by atoms with van der Waals surface area (Å²) in [6.07, 6.45) is 2.01. The molecule has 2 aromatic rings. The molecule has 8 heteroatoms. The van der Waals surface area contributed by atoms with Crippen molar-refractivity contribution < 1.29 is 17.9 Å². The molecule has 0 saturated carbocycles. The molecule has 0 aliphatic carbocycles. The second kappa shape index (κ2) is 8.94. The van der Waals surface area contributed by atoms with Crippen LogP contribution in [0.1, 0.15) is 31.4 Å². The summed E-state index contributed by atoms with van der Waals surface area (Å²) in [5.41, 5.74) is 0.859. The Morgan fingerprint density at radius 1 is 1.18 bits per heavy atom. The third-order valence-corrected chi connectivity index (χ3v) is 6.49. The van der Waals surface area contributed by atoms with Crippen LogP contribution in [0.4, 0.5) is 0 Å². The summed E-state index contributed by atoms with van der Waals surface area (Å²) in [6, 6.07) is 13.1. The first-order chi connectivity index (χ1) is 13.4. The molecule has 1 heterocycles. The molecule has 1 amide bonds. The van der Waals surface area contributed by atoms with Crippen LogP contribution in [0.3, 0.4) is 0 Å². The number of rotatable bonds is 7. The van der Waals surface area contributed by atoms with E-state index in [4.69, 9.17) is 16.3 Å². The minimum atomic E-state index is -3.76.